The summed E-state index contributed by atoms with van der Waals surface area (Å²) in [4.78, 5) is 10.2. The molecule has 74 valence electrons. The first-order valence-electron chi connectivity index (χ1n) is 4.40. The van der Waals surface area contributed by atoms with Crippen LogP contribution in [0.15, 0.2) is 35.3 Å². The lowest BCUT2D eigenvalue weighted by Crippen LogP contribution is -2.13. The van der Waals surface area contributed by atoms with Crippen LogP contribution in [0.2, 0.25) is 6.82 Å². The second-order valence-electron chi connectivity index (χ2n) is 3.37. The highest BCUT2D eigenvalue weighted by Crippen LogP contribution is 2.13. The molecule has 0 aliphatic heterocycles. The van der Waals surface area contributed by atoms with Crippen molar-refractivity contribution in [2.45, 2.75) is 19.8 Å². The van der Waals surface area contributed by atoms with Gasteiger partial charge in [-0.25, -0.2) is 0 Å². The van der Waals surface area contributed by atoms with E-state index in [1.807, 2.05) is 0 Å². The molecule has 0 heterocycles. The quantitative estimate of drug-likeness (QED) is 0.407. The van der Waals surface area contributed by atoms with E-state index in [-0.39, 0.29) is 4.92 Å². The first-order valence-corrected chi connectivity index (χ1v) is 4.40. The maximum absolute atomic E-state index is 10.6. The van der Waals surface area contributed by atoms with Crippen LogP contribution < -0.4 is 0 Å². The van der Waals surface area contributed by atoms with Crippen LogP contribution >= 0.6 is 0 Å². The van der Waals surface area contributed by atoms with Gasteiger partial charge in [0.2, 0.25) is 6.04 Å². The van der Waals surface area contributed by atoms with Gasteiger partial charge in [-0.05, 0) is 30.1 Å². The molecule has 0 spiro atoms. The molecular formula is C9H12BNO3. The molecule has 0 amide bonds. The molecule has 0 aromatic carbocycles. The lowest BCUT2D eigenvalue weighted by Gasteiger charge is -1.99. The van der Waals surface area contributed by atoms with Crippen molar-refractivity contribution in [3.63, 3.8) is 0 Å². The van der Waals surface area contributed by atoms with Crippen molar-refractivity contribution in [3.8, 4) is 0 Å². The van der Waals surface area contributed by atoms with Crippen molar-refractivity contribution >= 4 is 6.92 Å². The van der Waals surface area contributed by atoms with Gasteiger partial charge in [0.05, 0.1) is 0 Å². The van der Waals surface area contributed by atoms with E-state index in [0.717, 1.165) is 5.57 Å². The van der Waals surface area contributed by atoms with Crippen LogP contribution in [0.5, 0.6) is 0 Å². The van der Waals surface area contributed by atoms with Crippen LogP contribution in [-0.2, 0) is 0 Å². The van der Waals surface area contributed by atoms with E-state index in [0.29, 0.717) is 5.47 Å². The fraction of sp³-hybridized carbons (Fsp3) is 0.333. The van der Waals surface area contributed by atoms with E-state index >= 15 is 0 Å². The summed E-state index contributed by atoms with van der Waals surface area (Å²) in [5, 5.41) is 19.9. The van der Waals surface area contributed by atoms with Crippen LogP contribution in [0.25, 0.3) is 0 Å². The third-order valence-electron chi connectivity index (χ3n) is 2.04. The van der Waals surface area contributed by atoms with Crippen molar-refractivity contribution in [1.82, 2.24) is 0 Å². The zero-order valence-electron chi connectivity index (χ0n) is 8.18. The van der Waals surface area contributed by atoms with Crippen molar-refractivity contribution in [2.75, 3.05) is 0 Å². The normalized spacial score (nSPS) is 20.9. The minimum Gasteiger partial charge on any atom is -0.447 e. The molecule has 1 rings (SSSR count). The highest BCUT2D eigenvalue weighted by Gasteiger charge is 2.17. The Hall–Kier alpha value is -1.36. The zero-order valence-corrected chi connectivity index (χ0v) is 8.18. The second-order valence-corrected chi connectivity index (χ2v) is 3.37. The fourth-order valence-electron chi connectivity index (χ4n) is 1.28. The molecule has 0 bridgehead atoms. The molecule has 4 nitrogen and oxygen atoms in total. The summed E-state index contributed by atoms with van der Waals surface area (Å²) in [5.74, 6) is 0. The van der Waals surface area contributed by atoms with Gasteiger partial charge in [-0.1, -0.05) is 19.0 Å². The van der Waals surface area contributed by atoms with Crippen molar-refractivity contribution in [2.24, 2.45) is 0 Å². The van der Waals surface area contributed by atoms with Gasteiger partial charge in [-0.15, -0.1) is 0 Å². The third-order valence-corrected chi connectivity index (χ3v) is 2.04. The van der Waals surface area contributed by atoms with Crippen LogP contribution in [0.3, 0.4) is 0 Å². The average Bonchev–Trinajstić information content (AvgIpc) is 2.26. The van der Waals surface area contributed by atoms with Crippen molar-refractivity contribution < 1.29 is 9.95 Å². The van der Waals surface area contributed by atoms with Gasteiger partial charge in [0.1, 0.15) is 0 Å². The molecule has 1 N–H and O–H groups in total. The second kappa shape index (κ2) is 4.24. The van der Waals surface area contributed by atoms with Gasteiger partial charge in [0.25, 0.3) is 0 Å². The molecule has 0 saturated carbocycles. The molecule has 5 heteroatoms. The summed E-state index contributed by atoms with van der Waals surface area (Å²) in [6, 6.07) is -0.789. The standard InChI is InChI=1S/C9H12BNO3/c1-7-5-8(10(2)12)3-4-9(6-7)11(13)14/h3-6,9,12H,1-2H3. The minimum absolute atomic E-state index is 0.362. The topological polar surface area (TPSA) is 63.4 Å². The van der Waals surface area contributed by atoms with Gasteiger partial charge in [0.15, 0.2) is 0 Å². The Morgan fingerprint density at radius 2 is 2.29 bits per heavy atom. The van der Waals surface area contributed by atoms with Crippen molar-refractivity contribution in [3.05, 3.63) is 45.5 Å². The average molecular weight is 193 g/mol. The third kappa shape index (κ3) is 2.57. The molecule has 0 radical (unpaired) electrons. The Morgan fingerprint density at radius 1 is 1.64 bits per heavy atom. The van der Waals surface area contributed by atoms with E-state index in [1.165, 1.54) is 6.08 Å². The largest absolute Gasteiger partial charge is 0.447 e. The number of nitrogens with zero attached hydrogens (tertiary/aromatic N) is 1. The first kappa shape index (κ1) is 10.7. The van der Waals surface area contributed by atoms with Gasteiger partial charge in [-0.2, -0.15) is 0 Å². The summed E-state index contributed by atoms with van der Waals surface area (Å²) in [5.41, 5.74) is 1.50. The Morgan fingerprint density at radius 3 is 2.79 bits per heavy atom. The summed E-state index contributed by atoms with van der Waals surface area (Å²) in [6.07, 6.45) is 6.40. The summed E-state index contributed by atoms with van der Waals surface area (Å²) in [6.45, 7) is 2.82. The fourth-order valence-corrected chi connectivity index (χ4v) is 1.28. The molecule has 0 aromatic rings. The molecule has 1 unspecified atom stereocenters. The number of rotatable bonds is 2. The van der Waals surface area contributed by atoms with E-state index in [2.05, 4.69) is 0 Å². The van der Waals surface area contributed by atoms with Crippen LogP contribution in [0, 0.1) is 10.1 Å². The molecule has 0 fully saturated rings. The smallest absolute Gasteiger partial charge is 0.320 e. The highest BCUT2D eigenvalue weighted by molar-refractivity contribution is 6.58. The Balaban J connectivity index is 2.96. The van der Waals surface area contributed by atoms with Crippen LogP contribution in [-0.4, -0.2) is 22.9 Å². The molecule has 0 aromatic heterocycles. The maximum atomic E-state index is 10.6. The van der Waals surface area contributed by atoms with E-state index in [1.54, 1.807) is 32.0 Å². The maximum Gasteiger partial charge on any atom is 0.320 e. The number of allylic oxidation sites excluding steroid dienone is 4. The predicted molar refractivity (Wildman–Crippen MR) is 55.6 cm³/mol. The summed E-state index contributed by atoms with van der Waals surface area (Å²) < 4.78 is 0. The summed E-state index contributed by atoms with van der Waals surface area (Å²) in [7, 11) is 0. The molecular weight excluding hydrogens is 181 g/mol. The van der Waals surface area contributed by atoms with Gasteiger partial charge >= 0.3 is 6.92 Å². The number of hydrogen-bond donors (Lipinski definition) is 1. The first-order chi connectivity index (χ1) is 6.50. The molecule has 1 aliphatic rings. The van der Waals surface area contributed by atoms with Gasteiger partial charge in [-0.3, -0.25) is 10.1 Å². The predicted octanol–water partition coefficient (Wildman–Crippen LogP) is 1.23. The highest BCUT2D eigenvalue weighted by atomic mass is 16.6. The van der Waals surface area contributed by atoms with Gasteiger partial charge < -0.3 is 5.02 Å². The van der Waals surface area contributed by atoms with Crippen molar-refractivity contribution in [1.29, 1.82) is 0 Å². The Kier molecular flexibility index (Phi) is 3.25. The molecule has 1 atom stereocenters. The zero-order chi connectivity index (χ0) is 10.7. The summed E-state index contributed by atoms with van der Waals surface area (Å²) >= 11 is 0. The lowest BCUT2D eigenvalue weighted by molar-refractivity contribution is -0.496. The number of nitro groups is 1. The van der Waals surface area contributed by atoms with Gasteiger partial charge in [0, 0.05) is 4.92 Å². The molecule has 1 aliphatic carbocycles. The minimum atomic E-state index is -0.789. The van der Waals surface area contributed by atoms with E-state index < -0.39 is 13.0 Å². The lowest BCUT2D eigenvalue weighted by atomic mass is 9.63. The SMILES string of the molecule is CB(O)C1=CC(C)=CC([N+](=O)[O-])C=C1. The Labute approximate surface area is 82.9 Å². The van der Waals surface area contributed by atoms with Crippen LogP contribution in [0.1, 0.15) is 6.92 Å². The molecule has 14 heavy (non-hydrogen) atoms. The van der Waals surface area contributed by atoms with E-state index in [4.69, 9.17) is 0 Å². The monoisotopic (exact) mass is 193 g/mol. The van der Waals surface area contributed by atoms with Crippen LogP contribution in [0.4, 0.5) is 0 Å². The van der Waals surface area contributed by atoms with E-state index in [9.17, 15) is 15.1 Å². The molecule has 0 saturated heterocycles. The number of hydrogen-bond acceptors (Lipinski definition) is 3. The Bertz CT molecular complexity index is 331.